The smallest absolute Gasteiger partial charge is 0.248 e. The zero-order chi connectivity index (χ0) is 14.8. The van der Waals surface area contributed by atoms with Crippen LogP contribution in [0.5, 0.6) is 0 Å². The molecule has 2 saturated heterocycles. The molecule has 0 spiro atoms. The first-order chi connectivity index (χ1) is 9.54. The van der Waals surface area contributed by atoms with Crippen LogP contribution < -0.4 is 5.32 Å². The molecule has 1 N–H and O–H groups in total. The lowest BCUT2D eigenvalue weighted by atomic mass is 9.87. The molecule has 0 saturated carbocycles. The van der Waals surface area contributed by atoms with Crippen LogP contribution in [0.1, 0.15) is 52.9 Å². The number of nitrogens with zero attached hydrogens (tertiary/aromatic N) is 1. The molecule has 0 bridgehead atoms. The number of carbonyl (C=O) groups excluding carboxylic acids is 2. The minimum Gasteiger partial charge on any atom is -0.378 e. The molecule has 2 rings (SSSR count). The summed E-state index contributed by atoms with van der Waals surface area (Å²) in [4.78, 5) is 26.6. The standard InChI is InChI=1S/C15H26N2O3/c1-4-15(5-2)14(19)17(11(3)13(18)16-15)9-8-12-7-6-10-20-12/h11-12H,4-10H2,1-3H3,(H,16,18). The minimum atomic E-state index is -0.708. The third kappa shape index (κ3) is 2.68. The topological polar surface area (TPSA) is 58.6 Å². The van der Waals surface area contributed by atoms with Crippen molar-refractivity contribution < 1.29 is 14.3 Å². The van der Waals surface area contributed by atoms with Crippen LogP contribution in [0.15, 0.2) is 0 Å². The molecule has 5 heteroatoms. The van der Waals surface area contributed by atoms with E-state index in [4.69, 9.17) is 4.74 Å². The fraction of sp³-hybridized carbons (Fsp3) is 0.867. The average Bonchev–Trinajstić information content (AvgIpc) is 2.96. The van der Waals surface area contributed by atoms with E-state index < -0.39 is 5.54 Å². The highest BCUT2D eigenvalue weighted by molar-refractivity contribution is 5.99. The molecule has 2 unspecified atom stereocenters. The fourth-order valence-corrected chi connectivity index (χ4v) is 3.17. The van der Waals surface area contributed by atoms with Crippen molar-refractivity contribution in [1.82, 2.24) is 10.2 Å². The lowest BCUT2D eigenvalue weighted by Gasteiger charge is -2.44. The number of hydrogen-bond donors (Lipinski definition) is 1. The van der Waals surface area contributed by atoms with Gasteiger partial charge in [0.2, 0.25) is 11.8 Å². The predicted octanol–water partition coefficient (Wildman–Crippen LogP) is 1.46. The number of nitrogens with one attached hydrogen (secondary N) is 1. The van der Waals surface area contributed by atoms with Crippen LogP contribution in [0.3, 0.4) is 0 Å². The Labute approximate surface area is 121 Å². The molecule has 5 nitrogen and oxygen atoms in total. The van der Waals surface area contributed by atoms with E-state index in [1.165, 1.54) is 0 Å². The number of hydrogen-bond acceptors (Lipinski definition) is 3. The molecular formula is C15H26N2O3. The van der Waals surface area contributed by atoms with Gasteiger partial charge in [-0.1, -0.05) is 13.8 Å². The minimum absolute atomic E-state index is 0.0411. The van der Waals surface area contributed by atoms with Crippen LogP contribution in [0.2, 0.25) is 0 Å². The van der Waals surface area contributed by atoms with Gasteiger partial charge in [0, 0.05) is 13.2 Å². The maximum atomic E-state index is 12.7. The lowest BCUT2D eigenvalue weighted by Crippen LogP contribution is -2.69. The van der Waals surface area contributed by atoms with E-state index in [0.29, 0.717) is 19.4 Å². The number of rotatable bonds is 5. The van der Waals surface area contributed by atoms with Gasteiger partial charge >= 0.3 is 0 Å². The third-order valence-corrected chi connectivity index (χ3v) is 4.80. The fourth-order valence-electron chi connectivity index (χ4n) is 3.17. The number of amides is 2. The van der Waals surface area contributed by atoms with Gasteiger partial charge in [0.25, 0.3) is 0 Å². The second-order valence-corrected chi connectivity index (χ2v) is 5.88. The first kappa shape index (κ1) is 15.3. The van der Waals surface area contributed by atoms with E-state index in [-0.39, 0.29) is 24.0 Å². The Morgan fingerprint density at radius 3 is 2.60 bits per heavy atom. The molecule has 2 aliphatic rings. The summed E-state index contributed by atoms with van der Waals surface area (Å²) in [6.07, 6.45) is 4.51. The Morgan fingerprint density at radius 1 is 1.35 bits per heavy atom. The largest absolute Gasteiger partial charge is 0.378 e. The summed E-state index contributed by atoms with van der Waals surface area (Å²) < 4.78 is 5.61. The highest BCUT2D eigenvalue weighted by Gasteiger charge is 2.47. The Morgan fingerprint density at radius 2 is 2.05 bits per heavy atom. The van der Waals surface area contributed by atoms with Crippen molar-refractivity contribution in [3.8, 4) is 0 Å². The van der Waals surface area contributed by atoms with Crippen LogP contribution in [-0.4, -0.2) is 47.6 Å². The van der Waals surface area contributed by atoms with Gasteiger partial charge in [-0.2, -0.15) is 0 Å². The molecule has 2 fully saturated rings. The Hall–Kier alpha value is -1.10. The monoisotopic (exact) mass is 282 g/mol. The van der Waals surface area contributed by atoms with Gasteiger partial charge in [0.15, 0.2) is 0 Å². The van der Waals surface area contributed by atoms with Crippen molar-refractivity contribution in [2.75, 3.05) is 13.2 Å². The maximum Gasteiger partial charge on any atom is 0.248 e. The van der Waals surface area contributed by atoms with E-state index in [1.54, 1.807) is 11.8 Å². The van der Waals surface area contributed by atoms with Crippen molar-refractivity contribution >= 4 is 11.8 Å². The normalized spacial score (nSPS) is 29.6. The van der Waals surface area contributed by atoms with Crippen molar-refractivity contribution in [2.24, 2.45) is 0 Å². The SMILES string of the molecule is CCC1(CC)NC(=O)C(C)N(CCC2CCCO2)C1=O. The van der Waals surface area contributed by atoms with Crippen LogP contribution in [0.25, 0.3) is 0 Å². The molecule has 2 heterocycles. The van der Waals surface area contributed by atoms with Gasteiger partial charge in [-0.25, -0.2) is 0 Å². The highest BCUT2D eigenvalue weighted by atomic mass is 16.5. The summed E-state index contributed by atoms with van der Waals surface area (Å²) >= 11 is 0. The van der Waals surface area contributed by atoms with Crippen LogP contribution in [0.4, 0.5) is 0 Å². The summed E-state index contributed by atoms with van der Waals surface area (Å²) in [7, 11) is 0. The number of piperazine rings is 1. The van der Waals surface area contributed by atoms with E-state index >= 15 is 0 Å². The van der Waals surface area contributed by atoms with Crippen LogP contribution in [0, 0.1) is 0 Å². The summed E-state index contributed by atoms with van der Waals surface area (Å²) in [5.41, 5.74) is -0.708. The van der Waals surface area contributed by atoms with Crippen molar-refractivity contribution in [3.05, 3.63) is 0 Å². The molecule has 0 aliphatic carbocycles. The Bertz CT molecular complexity index is 373. The summed E-state index contributed by atoms with van der Waals surface area (Å²) in [5, 5.41) is 2.93. The summed E-state index contributed by atoms with van der Waals surface area (Å²) in [6, 6.07) is -0.380. The molecule has 0 aromatic rings. The van der Waals surface area contributed by atoms with Gasteiger partial charge in [-0.15, -0.1) is 0 Å². The molecule has 2 aliphatic heterocycles. The van der Waals surface area contributed by atoms with Crippen LogP contribution in [-0.2, 0) is 14.3 Å². The number of carbonyl (C=O) groups is 2. The highest BCUT2D eigenvalue weighted by Crippen LogP contribution is 2.26. The molecule has 0 radical (unpaired) electrons. The van der Waals surface area contributed by atoms with Gasteiger partial charge in [0.05, 0.1) is 6.10 Å². The van der Waals surface area contributed by atoms with Gasteiger partial charge in [-0.05, 0) is 39.0 Å². The zero-order valence-electron chi connectivity index (χ0n) is 12.8. The average molecular weight is 282 g/mol. The van der Waals surface area contributed by atoms with E-state index in [1.807, 2.05) is 13.8 Å². The first-order valence-corrected chi connectivity index (χ1v) is 7.78. The van der Waals surface area contributed by atoms with Gasteiger partial charge in [0.1, 0.15) is 11.6 Å². The summed E-state index contributed by atoms with van der Waals surface area (Å²) in [5.74, 6) is 0.0215. The predicted molar refractivity (Wildman–Crippen MR) is 76.2 cm³/mol. The molecule has 20 heavy (non-hydrogen) atoms. The third-order valence-electron chi connectivity index (χ3n) is 4.80. The quantitative estimate of drug-likeness (QED) is 0.830. The van der Waals surface area contributed by atoms with Crippen molar-refractivity contribution in [2.45, 2.75) is 70.6 Å². The molecule has 2 atom stereocenters. The molecule has 0 aromatic carbocycles. The first-order valence-electron chi connectivity index (χ1n) is 7.78. The van der Waals surface area contributed by atoms with Crippen LogP contribution >= 0.6 is 0 Å². The van der Waals surface area contributed by atoms with E-state index in [9.17, 15) is 9.59 Å². The van der Waals surface area contributed by atoms with Gasteiger partial charge < -0.3 is 15.0 Å². The molecule has 0 aromatic heterocycles. The van der Waals surface area contributed by atoms with E-state index in [0.717, 1.165) is 25.9 Å². The van der Waals surface area contributed by atoms with Crippen molar-refractivity contribution in [3.63, 3.8) is 0 Å². The number of ether oxygens (including phenoxy) is 1. The molecule has 2 amide bonds. The molecular weight excluding hydrogens is 256 g/mol. The second kappa shape index (κ2) is 6.12. The Kier molecular flexibility index (Phi) is 4.68. The maximum absolute atomic E-state index is 12.7. The van der Waals surface area contributed by atoms with Gasteiger partial charge in [-0.3, -0.25) is 9.59 Å². The Balaban J connectivity index is 2.07. The van der Waals surface area contributed by atoms with Crippen molar-refractivity contribution in [1.29, 1.82) is 0 Å². The molecule has 114 valence electrons. The zero-order valence-corrected chi connectivity index (χ0v) is 12.8. The summed E-state index contributed by atoms with van der Waals surface area (Å²) in [6.45, 7) is 7.15. The van der Waals surface area contributed by atoms with E-state index in [2.05, 4.69) is 5.32 Å². The lowest BCUT2D eigenvalue weighted by molar-refractivity contribution is -0.155. The second-order valence-electron chi connectivity index (χ2n) is 5.88.